The number of fused-ring (bicyclic) bond motifs is 13. The Kier molecular flexibility index (Phi) is 6.79. The van der Waals surface area contributed by atoms with E-state index in [1.807, 2.05) is 22.7 Å². The van der Waals surface area contributed by atoms with Gasteiger partial charge in [-0.05, 0) is 103 Å². The lowest BCUT2D eigenvalue weighted by Gasteiger charge is -2.28. The van der Waals surface area contributed by atoms with Gasteiger partial charge in [0, 0.05) is 62.8 Å². The van der Waals surface area contributed by atoms with E-state index in [1.165, 1.54) is 101 Å². The Morgan fingerprint density at radius 1 is 0.393 bits per heavy atom. The quantitative estimate of drug-likeness (QED) is 0.173. The summed E-state index contributed by atoms with van der Waals surface area (Å²) in [5.74, 6) is 0. The second-order valence-electron chi connectivity index (χ2n) is 15.7. The highest BCUT2D eigenvalue weighted by Gasteiger charge is 2.35. The van der Waals surface area contributed by atoms with Gasteiger partial charge >= 0.3 is 0 Å². The lowest BCUT2D eigenvalue weighted by Crippen LogP contribution is -2.16. The first kappa shape index (κ1) is 32.0. The molecule has 264 valence electrons. The monoisotopic (exact) mass is 749 g/mol. The topological polar surface area (TPSA) is 3.24 Å². The lowest BCUT2D eigenvalue weighted by molar-refractivity contribution is 0.660. The van der Waals surface area contributed by atoms with Gasteiger partial charge in [0.2, 0.25) is 0 Å². The highest BCUT2D eigenvalue weighted by molar-refractivity contribution is 7.28. The van der Waals surface area contributed by atoms with Crippen LogP contribution in [0, 0.1) is 0 Å². The van der Waals surface area contributed by atoms with E-state index in [4.69, 9.17) is 0 Å². The Bertz CT molecular complexity index is 3390. The second-order valence-corrected chi connectivity index (χ2v) is 17.8. The van der Waals surface area contributed by atoms with Gasteiger partial charge in [0.05, 0.1) is 0 Å². The minimum atomic E-state index is -0.0960. The predicted octanol–water partition coefficient (Wildman–Crippen LogP) is 16.2. The smallest absolute Gasteiger partial charge is 0.0476 e. The number of benzene rings is 9. The molecule has 2 aromatic heterocycles. The van der Waals surface area contributed by atoms with Crippen molar-refractivity contribution in [2.75, 3.05) is 4.90 Å². The Balaban J connectivity index is 1.05. The third kappa shape index (κ3) is 4.59. The highest BCUT2D eigenvalue weighted by Crippen LogP contribution is 2.52. The van der Waals surface area contributed by atoms with Crippen molar-refractivity contribution in [3.63, 3.8) is 0 Å². The van der Waals surface area contributed by atoms with E-state index in [0.717, 1.165) is 11.4 Å². The molecule has 0 aliphatic heterocycles. The fourth-order valence-corrected chi connectivity index (χ4v) is 11.9. The van der Waals surface area contributed by atoms with Crippen molar-refractivity contribution in [2.24, 2.45) is 0 Å². The number of nitrogens with zero attached hydrogens (tertiary/aromatic N) is 1. The van der Waals surface area contributed by atoms with Crippen molar-refractivity contribution < 1.29 is 0 Å². The van der Waals surface area contributed by atoms with Gasteiger partial charge in [-0.25, -0.2) is 0 Å². The Morgan fingerprint density at radius 3 is 1.86 bits per heavy atom. The Labute approximate surface area is 333 Å². The number of thiophene rings is 2. The Hall–Kier alpha value is -6.26. The zero-order chi connectivity index (χ0) is 37.1. The third-order valence-corrected chi connectivity index (χ3v) is 14.6. The van der Waals surface area contributed by atoms with Crippen LogP contribution in [0.15, 0.2) is 176 Å². The van der Waals surface area contributed by atoms with Gasteiger partial charge in [0.1, 0.15) is 0 Å². The van der Waals surface area contributed by atoms with E-state index >= 15 is 0 Å². The summed E-state index contributed by atoms with van der Waals surface area (Å²) in [6.07, 6.45) is 0. The molecular formula is C53H35NS2. The molecule has 0 bridgehead atoms. The van der Waals surface area contributed by atoms with Crippen LogP contribution >= 0.6 is 22.7 Å². The molecule has 56 heavy (non-hydrogen) atoms. The molecule has 9 aromatic carbocycles. The summed E-state index contributed by atoms with van der Waals surface area (Å²) < 4.78 is 5.36. The number of hydrogen-bond acceptors (Lipinski definition) is 3. The van der Waals surface area contributed by atoms with Crippen molar-refractivity contribution >= 4 is 102 Å². The van der Waals surface area contributed by atoms with Crippen LogP contribution in [0.4, 0.5) is 17.1 Å². The van der Waals surface area contributed by atoms with E-state index in [9.17, 15) is 0 Å². The van der Waals surface area contributed by atoms with Gasteiger partial charge < -0.3 is 4.90 Å². The van der Waals surface area contributed by atoms with Crippen LogP contribution in [0.5, 0.6) is 0 Å². The lowest BCUT2D eigenvalue weighted by atomic mass is 9.82. The van der Waals surface area contributed by atoms with Crippen LogP contribution in [0.25, 0.3) is 84.1 Å². The zero-order valence-corrected chi connectivity index (χ0v) is 32.6. The molecule has 0 saturated heterocycles. The maximum absolute atomic E-state index is 2.46. The molecule has 0 spiro atoms. The molecule has 0 radical (unpaired) electrons. The zero-order valence-electron chi connectivity index (χ0n) is 31.0. The van der Waals surface area contributed by atoms with Gasteiger partial charge in [0.15, 0.2) is 0 Å². The second kappa shape index (κ2) is 11.9. The fourth-order valence-electron chi connectivity index (χ4n) is 9.53. The molecule has 1 nitrogen and oxygen atoms in total. The van der Waals surface area contributed by atoms with Crippen molar-refractivity contribution in [2.45, 2.75) is 19.3 Å². The highest BCUT2D eigenvalue weighted by atomic mass is 32.1. The van der Waals surface area contributed by atoms with Gasteiger partial charge in [0.25, 0.3) is 0 Å². The van der Waals surface area contributed by atoms with Gasteiger partial charge in [-0.3, -0.25) is 0 Å². The van der Waals surface area contributed by atoms with Crippen molar-refractivity contribution in [1.29, 1.82) is 0 Å². The summed E-state index contributed by atoms with van der Waals surface area (Å²) in [7, 11) is 0. The van der Waals surface area contributed by atoms with Crippen molar-refractivity contribution in [1.82, 2.24) is 0 Å². The fraction of sp³-hybridized carbons (Fsp3) is 0.0566. The van der Waals surface area contributed by atoms with Gasteiger partial charge in [-0.15, -0.1) is 22.7 Å². The average Bonchev–Trinajstić information content (AvgIpc) is 3.88. The van der Waals surface area contributed by atoms with Crippen LogP contribution in [-0.4, -0.2) is 0 Å². The summed E-state index contributed by atoms with van der Waals surface area (Å²) in [5.41, 5.74) is 11.3. The molecule has 2 heterocycles. The first-order valence-electron chi connectivity index (χ1n) is 19.3. The van der Waals surface area contributed by atoms with Gasteiger partial charge in [-0.1, -0.05) is 141 Å². The van der Waals surface area contributed by atoms with E-state index in [2.05, 4.69) is 195 Å². The molecule has 0 fully saturated rings. The number of rotatable bonds is 4. The molecule has 0 saturated carbocycles. The van der Waals surface area contributed by atoms with Crippen LogP contribution < -0.4 is 4.90 Å². The van der Waals surface area contributed by atoms with Crippen molar-refractivity contribution in [3.8, 4) is 22.3 Å². The van der Waals surface area contributed by atoms with E-state index in [1.54, 1.807) is 0 Å². The van der Waals surface area contributed by atoms with E-state index in [0.29, 0.717) is 0 Å². The number of anilines is 3. The number of hydrogen-bond donors (Lipinski definition) is 0. The molecule has 11 aromatic rings. The Morgan fingerprint density at radius 2 is 1.00 bits per heavy atom. The molecule has 0 atom stereocenters. The molecule has 0 N–H and O–H groups in total. The summed E-state index contributed by atoms with van der Waals surface area (Å²) >= 11 is 3.83. The molecule has 12 rings (SSSR count). The van der Waals surface area contributed by atoms with Crippen LogP contribution in [0.2, 0.25) is 0 Å². The van der Waals surface area contributed by atoms with E-state index in [-0.39, 0.29) is 5.41 Å². The average molecular weight is 750 g/mol. The summed E-state index contributed by atoms with van der Waals surface area (Å²) in [6.45, 7) is 4.73. The summed E-state index contributed by atoms with van der Waals surface area (Å²) in [6, 6.07) is 65.6. The standard InChI is InChI=1S/C53H35NS2/c1-53(2)45-17-8-7-15-41(45)42-26-23-36(30-46(42)53)54(35-21-18-34(19-22-35)39-16-9-12-32-10-3-5-13-38(32)39)37-24-27-43-49(31-37)55-47-28-29-48-51(50(43)47)44-25-20-33-11-4-6-14-40(33)52(44)56-48/h3-31H,1-2H3. The van der Waals surface area contributed by atoms with Crippen LogP contribution in [-0.2, 0) is 5.41 Å². The normalized spacial score (nSPS) is 13.3. The summed E-state index contributed by atoms with van der Waals surface area (Å²) in [5, 5.41) is 10.6. The van der Waals surface area contributed by atoms with Crippen molar-refractivity contribution in [3.05, 3.63) is 187 Å². The van der Waals surface area contributed by atoms with Crippen LogP contribution in [0.3, 0.4) is 0 Å². The largest absolute Gasteiger partial charge is 0.310 e. The molecule has 1 aliphatic rings. The van der Waals surface area contributed by atoms with Gasteiger partial charge in [-0.2, -0.15) is 0 Å². The summed E-state index contributed by atoms with van der Waals surface area (Å²) in [4.78, 5) is 2.46. The third-order valence-electron chi connectivity index (χ3n) is 12.3. The van der Waals surface area contributed by atoms with Crippen LogP contribution in [0.1, 0.15) is 25.0 Å². The molecule has 1 aliphatic carbocycles. The first-order chi connectivity index (χ1) is 27.5. The molecule has 0 amide bonds. The minimum Gasteiger partial charge on any atom is -0.310 e. The minimum absolute atomic E-state index is 0.0960. The maximum atomic E-state index is 2.46. The van der Waals surface area contributed by atoms with E-state index < -0.39 is 0 Å². The molecular weight excluding hydrogens is 715 g/mol. The molecule has 0 unspecified atom stereocenters. The first-order valence-corrected chi connectivity index (χ1v) is 21.0. The maximum Gasteiger partial charge on any atom is 0.0476 e. The SMILES string of the molecule is CC1(C)c2ccccc2-c2ccc(N(c3ccc(-c4cccc5ccccc45)cc3)c3ccc4c(c3)sc3ccc5sc6c7ccccc7ccc6c5c34)cc21. The molecule has 3 heteroatoms. The predicted molar refractivity (Wildman–Crippen MR) is 245 cm³/mol.